The molecule has 0 saturated carbocycles. The molecule has 1 aromatic carbocycles. The predicted molar refractivity (Wildman–Crippen MR) is 111 cm³/mol. The number of aryl methyl sites for hydroxylation is 1. The Morgan fingerprint density at radius 2 is 2.11 bits per heavy atom. The van der Waals surface area contributed by atoms with Crippen LogP contribution in [0.2, 0.25) is 5.02 Å². The number of rotatable bonds is 2. The van der Waals surface area contributed by atoms with E-state index in [2.05, 4.69) is 33.5 Å². The van der Waals surface area contributed by atoms with Crippen LogP contribution < -0.4 is 5.32 Å². The van der Waals surface area contributed by atoms with E-state index < -0.39 is 0 Å². The van der Waals surface area contributed by atoms with E-state index in [1.54, 1.807) is 12.4 Å². The number of ketones is 1. The number of benzene rings is 1. The van der Waals surface area contributed by atoms with E-state index in [-0.39, 0.29) is 5.78 Å². The number of carbonyl (C=O) groups excluding carboxylic acids is 1. The van der Waals surface area contributed by atoms with E-state index in [1.807, 2.05) is 18.3 Å². The summed E-state index contributed by atoms with van der Waals surface area (Å²) in [7, 11) is 0. The Hall–Kier alpha value is -2.92. The zero-order valence-corrected chi connectivity index (χ0v) is 16.2. The molecule has 140 valence electrons. The molecule has 0 saturated heterocycles. The molecule has 0 unspecified atom stereocenters. The van der Waals surface area contributed by atoms with Gasteiger partial charge in [0.05, 0.1) is 17.6 Å². The molecule has 5 nitrogen and oxygen atoms in total. The minimum absolute atomic E-state index is 0.0807. The Morgan fingerprint density at radius 1 is 1.21 bits per heavy atom. The number of allylic oxidation sites excluding steroid dienone is 1. The maximum absolute atomic E-state index is 12.6. The van der Waals surface area contributed by atoms with Crippen LogP contribution in [0.25, 0.3) is 22.8 Å². The summed E-state index contributed by atoms with van der Waals surface area (Å²) in [5, 5.41) is 10.8. The number of fused-ring (bicyclic) bond motifs is 2. The SMILES string of the molecule is Cc1c(-c2cc(Cl)c3c(c2)/C(=C/c2cn[nH]c2)C(=O)C3)cnc2c1NCCC2. The fraction of sp³-hybridized carbons (Fsp3) is 0.227. The number of hydrogen-bond donors (Lipinski definition) is 2. The summed E-state index contributed by atoms with van der Waals surface area (Å²) in [5.74, 6) is 0.0807. The number of pyridine rings is 1. The summed E-state index contributed by atoms with van der Waals surface area (Å²) in [6.07, 6.45) is 9.71. The summed E-state index contributed by atoms with van der Waals surface area (Å²) >= 11 is 6.60. The molecule has 0 atom stereocenters. The molecule has 3 aromatic rings. The first-order chi connectivity index (χ1) is 13.6. The third-order valence-corrected chi connectivity index (χ3v) is 5.91. The number of aromatic amines is 1. The summed E-state index contributed by atoms with van der Waals surface area (Å²) in [6.45, 7) is 3.08. The average Bonchev–Trinajstić information content (AvgIpc) is 3.32. The molecule has 3 heterocycles. The highest BCUT2D eigenvalue weighted by Gasteiger charge is 2.28. The van der Waals surface area contributed by atoms with E-state index in [1.165, 1.54) is 5.56 Å². The van der Waals surface area contributed by atoms with Gasteiger partial charge < -0.3 is 5.32 Å². The number of halogens is 1. The van der Waals surface area contributed by atoms with Crippen LogP contribution in [-0.2, 0) is 17.6 Å². The van der Waals surface area contributed by atoms with Crippen molar-refractivity contribution in [3.63, 3.8) is 0 Å². The number of aromatic nitrogens is 3. The van der Waals surface area contributed by atoms with Crippen molar-refractivity contribution in [3.05, 3.63) is 63.7 Å². The number of hydrogen-bond acceptors (Lipinski definition) is 4. The van der Waals surface area contributed by atoms with Crippen LogP contribution in [0.1, 0.15) is 34.4 Å². The minimum Gasteiger partial charge on any atom is -0.383 e. The average molecular weight is 391 g/mol. The van der Waals surface area contributed by atoms with Gasteiger partial charge in [0.2, 0.25) is 0 Å². The Kier molecular flexibility index (Phi) is 4.05. The number of Topliss-reactive ketones (excluding diaryl/α,β-unsaturated/α-hetero) is 1. The van der Waals surface area contributed by atoms with Gasteiger partial charge in [-0.05, 0) is 60.2 Å². The van der Waals surface area contributed by atoms with Crippen LogP contribution in [-0.4, -0.2) is 27.5 Å². The maximum atomic E-state index is 12.6. The summed E-state index contributed by atoms with van der Waals surface area (Å²) in [5.41, 5.74) is 8.80. The molecule has 0 spiro atoms. The normalized spacial score (nSPS) is 16.8. The molecule has 2 aromatic heterocycles. The molecule has 2 N–H and O–H groups in total. The molecule has 0 fully saturated rings. The third-order valence-electron chi connectivity index (χ3n) is 5.57. The second-order valence-electron chi connectivity index (χ2n) is 7.32. The molecule has 0 radical (unpaired) electrons. The van der Waals surface area contributed by atoms with Gasteiger partial charge >= 0.3 is 0 Å². The van der Waals surface area contributed by atoms with Gasteiger partial charge in [-0.1, -0.05) is 11.6 Å². The first-order valence-corrected chi connectivity index (χ1v) is 9.79. The number of carbonyl (C=O) groups is 1. The van der Waals surface area contributed by atoms with Crippen molar-refractivity contribution in [2.75, 3.05) is 11.9 Å². The molecule has 1 aliphatic heterocycles. The van der Waals surface area contributed by atoms with E-state index in [4.69, 9.17) is 11.6 Å². The largest absolute Gasteiger partial charge is 0.383 e. The highest BCUT2D eigenvalue weighted by atomic mass is 35.5. The molecule has 0 bridgehead atoms. The van der Waals surface area contributed by atoms with Gasteiger partial charge in [-0.25, -0.2) is 0 Å². The fourth-order valence-electron chi connectivity index (χ4n) is 4.12. The van der Waals surface area contributed by atoms with Crippen molar-refractivity contribution in [3.8, 4) is 11.1 Å². The first kappa shape index (κ1) is 17.2. The van der Waals surface area contributed by atoms with Crippen LogP contribution in [0.15, 0.2) is 30.7 Å². The van der Waals surface area contributed by atoms with E-state index in [0.29, 0.717) is 17.0 Å². The Bertz CT molecular complexity index is 1130. The van der Waals surface area contributed by atoms with Crippen LogP contribution in [0.3, 0.4) is 0 Å². The second-order valence-corrected chi connectivity index (χ2v) is 7.73. The van der Waals surface area contributed by atoms with Gasteiger partial charge in [0.25, 0.3) is 0 Å². The smallest absolute Gasteiger partial charge is 0.167 e. The van der Waals surface area contributed by atoms with Gasteiger partial charge in [-0.2, -0.15) is 5.10 Å². The number of H-pyrrole nitrogens is 1. The summed E-state index contributed by atoms with van der Waals surface area (Å²) < 4.78 is 0. The van der Waals surface area contributed by atoms with Crippen LogP contribution >= 0.6 is 11.6 Å². The monoisotopic (exact) mass is 390 g/mol. The van der Waals surface area contributed by atoms with Crippen molar-refractivity contribution < 1.29 is 4.79 Å². The van der Waals surface area contributed by atoms with Crippen molar-refractivity contribution >= 4 is 34.7 Å². The molecule has 0 amide bonds. The maximum Gasteiger partial charge on any atom is 0.167 e. The van der Waals surface area contributed by atoms with Crippen molar-refractivity contribution in [2.24, 2.45) is 0 Å². The minimum atomic E-state index is 0.0807. The van der Waals surface area contributed by atoms with Gasteiger partial charge in [0.15, 0.2) is 5.78 Å². The van der Waals surface area contributed by atoms with E-state index >= 15 is 0 Å². The molecule has 28 heavy (non-hydrogen) atoms. The van der Waals surface area contributed by atoms with Crippen molar-refractivity contribution in [1.82, 2.24) is 15.2 Å². The van der Waals surface area contributed by atoms with E-state index in [9.17, 15) is 4.79 Å². The van der Waals surface area contributed by atoms with Gasteiger partial charge in [-0.15, -0.1) is 0 Å². The van der Waals surface area contributed by atoms with Crippen molar-refractivity contribution in [1.29, 1.82) is 0 Å². The zero-order valence-electron chi connectivity index (χ0n) is 15.5. The van der Waals surface area contributed by atoms with Gasteiger partial charge in [0.1, 0.15) is 0 Å². The highest BCUT2D eigenvalue weighted by molar-refractivity contribution is 6.36. The third kappa shape index (κ3) is 2.74. The topological polar surface area (TPSA) is 70.7 Å². The fourth-order valence-corrected chi connectivity index (χ4v) is 4.41. The quantitative estimate of drug-likeness (QED) is 0.634. The highest BCUT2D eigenvalue weighted by Crippen LogP contribution is 2.40. The number of nitrogens with one attached hydrogen (secondary N) is 2. The molecule has 5 rings (SSSR count). The lowest BCUT2D eigenvalue weighted by Gasteiger charge is -2.21. The van der Waals surface area contributed by atoms with Crippen LogP contribution in [0, 0.1) is 6.92 Å². The number of nitrogens with zero attached hydrogens (tertiary/aromatic N) is 2. The standard InChI is InChI=1S/C22H19ClN4O/c1-12-18(11-25-20-3-2-4-24-22(12)20)14-6-15-16(19(23)7-14)8-21(28)17(15)5-13-9-26-27-10-13/h5-7,9-11,24H,2-4,8H2,1H3,(H,26,27)/b17-5-. The van der Waals surface area contributed by atoms with Gasteiger partial charge in [-0.3, -0.25) is 14.9 Å². The Balaban J connectivity index is 1.66. The molecule has 2 aliphatic rings. The Labute approximate surface area is 167 Å². The van der Waals surface area contributed by atoms with Gasteiger partial charge in [0, 0.05) is 47.1 Å². The molecule has 1 aliphatic carbocycles. The number of anilines is 1. The molecule has 6 heteroatoms. The summed E-state index contributed by atoms with van der Waals surface area (Å²) in [4.78, 5) is 17.3. The lowest BCUT2D eigenvalue weighted by atomic mass is 9.94. The van der Waals surface area contributed by atoms with E-state index in [0.717, 1.165) is 58.6 Å². The van der Waals surface area contributed by atoms with Crippen LogP contribution in [0.4, 0.5) is 5.69 Å². The first-order valence-electron chi connectivity index (χ1n) is 9.41. The summed E-state index contributed by atoms with van der Waals surface area (Å²) in [6, 6.07) is 4.02. The predicted octanol–water partition coefficient (Wildman–Crippen LogP) is 4.46. The molecular weight excluding hydrogens is 372 g/mol. The van der Waals surface area contributed by atoms with Crippen molar-refractivity contribution in [2.45, 2.75) is 26.2 Å². The second kappa shape index (κ2) is 6.60. The Morgan fingerprint density at radius 3 is 2.93 bits per heavy atom. The zero-order chi connectivity index (χ0) is 19.3. The molecular formula is C22H19ClN4O. The lowest BCUT2D eigenvalue weighted by molar-refractivity contribution is -0.112. The lowest BCUT2D eigenvalue weighted by Crippen LogP contribution is -2.14. The van der Waals surface area contributed by atoms with Crippen LogP contribution in [0.5, 0.6) is 0 Å².